The molecule has 2 unspecified atom stereocenters. The van der Waals surface area contributed by atoms with E-state index in [0.717, 1.165) is 36.0 Å². The van der Waals surface area contributed by atoms with E-state index in [1.54, 1.807) is 0 Å². The Morgan fingerprint density at radius 1 is 1.00 bits per heavy atom. The van der Waals surface area contributed by atoms with Crippen molar-refractivity contribution in [3.05, 3.63) is 59.7 Å². The van der Waals surface area contributed by atoms with E-state index in [4.69, 9.17) is 25.2 Å². The van der Waals surface area contributed by atoms with Crippen molar-refractivity contribution in [1.29, 1.82) is 0 Å². The van der Waals surface area contributed by atoms with Gasteiger partial charge in [-0.05, 0) is 110 Å². The number of hydrogen-bond donors (Lipinski definition) is 3. The number of aromatic nitrogens is 3. The smallest absolute Gasteiger partial charge is 0.326 e. The zero-order valence-electron chi connectivity index (χ0n) is 25.8. The zero-order valence-corrected chi connectivity index (χ0v) is 25.8. The van der Waals surface area contributed by atoms with Gasteiger partial charge in [0.05, 0.1) is 22.8 Å². The molecule has 0 aliphatic heterocycles. The standard InChI is InChI=1S/C33H45N5O4/c1-30(2,3)41-28(39)25(27-36-22-13-7-8-14-23(22)37-27)32(34)16-18-33(19-17-32,29(40)42-31(4,5)6)38-24-15-9-11-21-12-10-20-35-26(21)24/h7-8,10,12-14,20,24-25,38H,9,11,15-19,34H2,1-6H3,(H,36,37). The van der Waals surface area contributed by atoms with Crippen LogP contribution in [0.15, 0.2) is 42.6 Å². The molecule has 2 heterocycles. The molecule has 0 bridgehead atoms. The minimum Gasteiger partial charge on any atom is -0.459 e. The second-order valence-corrected chi connectivity index (χ2v) is 14.1. The van der Waals surface area contributed by atoms with Gasteiger partial charge < -0.3 is 20.2 Å². The van der Waals surface area contributed by atoms with Gasteiger partial charge in [0.25, 0.3) is 0 Å². The van der Waals surface area contributed by atoms with Crippen LogP contribution in [0.3, 0.4) is 0 Å². The highest BCUT2D eigenvalue weighted by molar-refractivity contribution is 5.84. The number of aromatic amines is 1. The molecule has 2 aromatic heterocycles. The molecule has 0 spiro atoms. The minimum atomic E-state index is -0.994. The summed E-state index contributed by atoms with van der Waals surface area (Å²) in [5.41, 5.74) is 7.65. The van der Waals surface area contributed by atoms with E-state index in [1.807, 2.05) is 78.1 Å². The topological polar surface area (TPSA) is 132 Å². The number of rotatable bonds is 6. The second-order valence-electron chi connectivity index (χ2n) is 14.1. The Kier molecular flexibility index (Phi) is 7.96. The molecular formula is C33H45N5O4. The summed E-state index contributed by atoms with van der Waals surface area (Å²) in [6.45, 7) is 11.2. The van der Waals surface area contributed by atoms with Crippen LogP contribution < -0.4 is 11.1 Å². The number of carbonyl (C=O) groups is 2. The van der Waals surface area contributed by atoms with Gasteiger partial charge in [-0.25, -0.2) is 4.98 Å². The maximum atomic E-state index is 14.0. The molecule has 1 saturated carbocycles. The van der Waals surface area contributed by atoms with Crippen molar-refractivity contribution in [3.8, 4) is 0 Å². The number of imidazole rings is 1. The Labute approximate surface area is 248 Å². The zero-order chi connectivity index (χ0) is 30.3. The molecule has 0 amide bonds. The monoisotopic (exact) mass is 575 g/mol. The van der Waals surface area contributed by atoms with E-state index in [9.17, 15) is 9.59 Å². The van der Waals surface area contributed by atoms with E-state index in [-0.39, 0.29) is 12.0 Å². The molecule has 2 atom stereocenters. The highest BCUT2D eigenvalue weighted by Gasteiger charge is 2.54. The van der Waals surface area contributed by atoms with Crippen molar-refractivity contribution in [3.63, 3.8) is 0 Å². The van der Waals surface area contributed by atoms with Gasteiger partial charge >= 0.3 is 11.9 Å². The van der Waals surface area contributed by atoms with Crippen LogP contribution in [0.5, 0.6) is 0 Å². The average molecular weight is 576 g/mol. The van der Waals surface area contributed by atoms with Crippen molar-refractivity contribution < 1.29 is 19.1 Å². The van der Waals surface area contributed by atoms with Gasteiger partial charge in [0.2, 0.25) is 0 Å². The first-order valence-electron chi connectivity index (χ1n) is 15.1. The Balaban J connectivity index is 1.48. The molecule has 2 aliphatic rings. The highest BCUT2D eigenvalue weighted by Crippen LogP contribution is 2.45. The highest BCUT2D eigenvalue weighted by atomic mass is 16.6. The van der Waals surface area contributed by atoms with E-state index in [0.29, 0.717) is 31.5 Å². The number of nitrogens with one attached hydrogen (secondary N) is 2. The second kappa shape index (κ2) is 11.1. The Hall–Kier alpha value is -3.30. The molecule has 1 fully saturated rings. The summed E-state index contributed by atoms with van der Waals surface area (Å²) in [5.74, 6) is -1.07. The van der Waals surface area contributed by atoms with Crippen LogP contribution in [-0.2, 0) is 25.5 Å². The number of carbonyl (C=O) groups excluding carboxylic acids is 2. The molecule has 9 nitrogen and oxygen atoms in total. The first-order chi connectivity index (χ1) is 19.7. The maximum absolute atomic E-state index is 14.0. The lowest BCUT2D eigenvalue weighted by atomic mass is 9.66. The Morgan fingerprint density at radius 2 is 1.69 bits per heavy atom. The lowest BCUT2D eigenvalue weighted by molar-refractivity contribution is -0.166. The van der Waals surface area contributed by atoms with Gasteiger partial charge in [-0.15, -0.1) is 0 Å². The molecule has 2 aliphatic carbocycles. The summed E-state index contributed by atoms with van der Waals surface area (Å²) < 4.78 is 11.9. The molecule has 42 heavy (non-hydrogen) atoms. The first kappa shape index (κ1) is 30.2. The fraction of sp³-hybridized carbons (Fsp3) is 0.576. The van der Waals surface area contributed by atoms with Crippen molar-refractivity contribution in [2.75, 3.05) is 0 Å². The van der Waals surface area contributed by atoms with Crippen LogP contribution in [0.25, 0.3) is 11.0 Å². The third kappa shape index (κ3) is 6.37. The van der Waals surface area contributed by atoms with Crippen LogP contribution in [0.2, 0.25) is 0 Å². The summed E-state index contributed by atoms with van der Waals surface area (Å²) in [4.78, 5) is 40.5. The third-order valence-electron chi connectivity index (χ3n) is 8.37. The van der Waals surface area contributed by atoms with E-state index in [2.05, 4.69) is 16.4 Å². The molecule has 226 valence electrons. The lowest BCUT2D eigenvalue weighted by Gasteiger charge is -2.48. The van der Waals surface area contributed by atoms with E-state index in [1.165, 1.54) is 5.56 Å². The number of aryl methyl sites for hydroxylation is 1. The van der Waals surface area contributed by atoms with Crippen LogP contribution in [0.1, 0.15) is 109 Å². The van der Waals surface area contributed by atoms with Gasteiger partial charge in [0.1, 0.15) is 28.5 Å². The lowest BCUT2D eigenvalue weighted by Crippen LogP contribution is -2.63. The predicted octanol–water partition coefficient (Wildman–Crippen LogP) is 5.40. The van der Waals surface area contributed by atoms with Crippen LogP contribution in [0, 0.1) is 0 Å². The molecule has 9 heteroatoms. The fourth-order valence-corrected chi connectivity index (χ4v) is 6.39. The van der Waals surface area contributed by atoms with Gasteiger partial charge in [-0.3, -0.25) is 19.9 Å². The average Bonchev–Trinajstić information content (AvgIpc) is 3.31. The van der Waals surface area contributed by atoms with Gasteiger partial charge in [0.15, 0.2) is 0 Å². The maximum Gasteiger partial charge on any atom is 0.326 e. The molecule has 3 aromatic rings. The molecule has 0 saturated heterocycles. The fourth-order valence-electron chi connectivity index (χ4n) is 6.39. The number of fused-ring (bicyclic) bond motifs is 2. The Bertz CT molecular complexity index is 1410. The minimum absolute atomic E-state index is 0.0789. The largest absolute Gasteiger partial charge is 0.459 e. The van der Waals surface area contributed by atoms with Crippen LogP contribution >= 0.6 is 0 Å². The number of nitrogens with zero attached hydrogens (tertiary/aromatic N) is 2. The quantitative estimate of drug-likeness (QED) is 0.333. The summed E-state index contributed by atoms with van der Waals surface area (Å²) in [7, 11) is 0. The number of pyridine rings is 1. The third-order valence-corrected chi connectivity index (χ3v) is 8.37. The number of hydrogen-bond acceptors (Lipinski definition) is 8. The number of esters is 2. The number of benzene rings is 1. The van der Waals surface area contributed by atoms with Gasteiger partial charge in [-0.1, -0.05) is 18.2 Å². The van der Waals surface area contributed by atoms with Gasteiger partial charge in [-0.2, -0.15) is 0 Å². The number of ether oxygens (including phenoxy) is 2. The van der Waals surface area contributed by atoms with E-state index >= 15 is 0 Å². The first-order valence-corrected chi connectivity index (χ1v) is 15.1. The summed E-state index contributed by atoms with van der Waals surface area (Å²) >= 11 is 0. The number of H-pyrrole nitrogens is 1. The van der Waals surface area contributed by atoms with Crippen molar-refractivity contribution in [2.45, 2.75) is 121 Å². The molecule has 4 N–H and O–H groups in total. The van der Waals surface area contributed by atoms with Crippen LogP contribution in [-0.4, -0.2) is 49.2 Å². The van der Waals surface area contributed by atoms with Crippen molar-refractivity contribution in [1.82, 2.24) is 20.3 Å². The number of para-hydroxylation sites is 2. The van der Waals surface area contributed by atoms with E-state index < -0.39 is 34.2 Å². The molecule has 5 rings (SSSR count). The summed E-state index contributed by atoms with van der Waals surface area (Å²) in [6.07, 6.45) is 6.25. The molecular weight excluding hydrogens is 530 g/mol. The Morgan fingerprint density at radius 3 is 2.36 bits per heavy atom. The number of nitrogens with two attached hydrogens (primary N) is 1. The molecule has 1 aromatic carbocycles. The summed E-state index contributed by atoms with van der Waals surface area (Å²) in [5, 5.41) is 3.72. The SMILES string of the molecule is CC(C)(C)OC(=O)C(c1nc2ccccc2[nH]1)C1(N)CCC(NC2CCCc3cccnc32)(C(=O)OC(C)(C)C)CC1. The van der Waals surface area contributed by atoms with Crippen LogP contribution in [0.4, 0.5) is 0 Å². The molecule has 0 radical (unpaired) electrons. The predicted molar refractivity (Wildman–Crippen MR) is 162 cm³/mol. The normalized spacial score (nSPS) is 25.5. The van der Waals surface area contributed by atoms with Gasteiger partial charge in [0, 0.05) is 11.7 Å². The summed E-state index contributed by atoms with van der Waals surface area (Å²) in [6, 6.07) is 11.7. The van der Waals surface area contributed by atoms with Crippen molar-refractivity contribution in [2.24, 2.45) is 5.73 Å². The van der Waals surface area contributed by atoms with Crippen molar-refractivity contribution >= 4 is 23.0 Å².